The largest absolute Gasteiger partial charge is 0.385 e. The van der Waals surface area contributed by atoms with Gasteiger partial charge in [-0.05, 0) is 57.4 Å². The van der Waals surface area contributed by atoms with Gasteiger partial charge >= 0.3 is 0 Å². The molecule has 2 nitrogen and oxygen atoms in total. The Morgan fingerprint density at radius 1 is 1.28 bits per heavy atom. The number of hydrogen-bond donors (Lipinski definition) is 1. The molecule has 1 N–H and O–H groups in total. The van der Waals surface area contributed by atoms with Gasteiger partial charge in [-0.1, -0.05) is 12.1 Å². The van der Waals surface area contributed by atoms with Gasteiger partial charge in [0.1, 0.15) is 5.82 Å². The van der Waals surface area contributed by atoms with E-state index in [1.165, 1.54) is 12.1 Å². The predicted octanol–water partition coefficient (Wildman–Crippen LogP) is 2.91. The molecular weight excluding hydrogens is 229 g/mol. The number of likely N-dealkylation sites (tertiary alicyclic amines) is 1. The van der Waals surface area contributed by atoms with Gasteiger partial charge in [-0.25, -0.2) is 4.39 Å². The Hall–Kier alpha value is -0.930. The van der Waals surface area contributed by atoms with E-state index >= 15 is 0 Å². The molecule has 0 bridgehead atoms. The second kappa shape index (κ2) is 5.37. The van der Waals surface area contributed by atoms with Crippen molar-refractivity contribution < 1.29 is 9.50 Å². The molecule has 1 saturated heterocycles. The van der Waals surface area contributed by atoms with Crippen molar-refractivity contribution in [3.8, 4) is 0 Å². The number of halogens is 1. The van der Waals surface area contributed by atoms with Crippen molar-refractivity contribution in [3.05, 3.63) is 35.6 Å². The maximum absolute atomic E-state index is 13.3. The maximum Gasteiger partial charge on any atom is 0.123 e. The smallest absolute Gasteiger partial charge is 0.123 e. The standard InChI is InChI=1S/C15H22FNO/c1-12(2)17-9-4-7-15(18,8-10-17)13-5-3-6-14(16)11-13/h3,5-6,11-12,18H,4,7-10H2,1-2H3. The summed E-state index contributed by atoms with van der Waals surface area (Å²) in [6.07, 6.45) is 2.33. The number of nitrogens with zero attached hydrogens (tertiary/aromatic N) is 1. The monoisotopic (exact) mass is 251 g/mol. The Kier molecular flexibility index (Phi) is 4.03. The van der Waals surface area contributed by atoms with Crippen molar-refractivity contribution in [1.29, 1.82) is 0 Å². The molecule has 1 fully saturated rings. The minimum absolute atomic E-state index is 0.272. The zero-order chi connectivity index (χ0) is 13.2. The van der Waals surface area contributed by atoms with Gasteiger partial charge in [0.2, 0.25) is 0 Å². The number of hydrogen-bond acceptors (Lipinski definition) is 2. The summed E-state index contributed by atoms with van der Waals surface area (Å²) in [4.78, 5) is 2.37. The van der Waals surface area contributed by atoms with Crippen LogP contribution in [0.3, 0.4) is 0 Å². The molecule has 1 aliphatic rings. The third-order valence-corrected chi connectivity index (χ3v) is 3.94. The number of aliphatic hydroxyl groups is 1. The van der Waals surface area contributed by atoms with E-state index in [0.29, 0.717) is 24.4 Å². The van der Waals surface area contributed by atoms with Crippen LogP contribution >= 0.6 is 0 Å². The van der Waals surface area contributed by atoms with E-state index in [1.807, 2.05) is 6.07 Å². The lowest BCUT2D eigenvalue weighted by molar-refractivity contribution is 0.0201. The highest BCUT2D eigenvalue weighted by Crippen LogP contribution is 2.33. The molecule has 0 aromatic heterocycles. The lowest BCUT2D eigenvalue weighted by Crippen LogP contribution is -2.33. The van der Waals surface area contributed by atoms with E-state index in [1.54, 1.807) is 6.07 Å². The number of benzene rings is 1. The molecule has 1 atom stereocenters. The van der Waals surface area contributed by atoms with Crippen LogP contribution in [0.4, 0.5) is 4.39 Å². The molecule has 1 heterocycles. The van der Waals surface area contributed by atoms with E-state index in [-0.39, 0.29) is 5.82 Å². The summed E-state index contributed by atoms with van der Waals surface area (Å²) < 4.78 is 13.3. The first-order valence-corrected chi connectivity index (χ1v) is 6.74. The van der Waals surface area contributed by atoms with Crippen molar-refractivity contribution in [3.63, 3.8) is 0 Å². The summed E-state index contributed by atoms with van der Waals surface area (Å²) in [5.74, 6) is -0.272. The average Bonchev–Trinajstić information content (AvgIpc) is 2.52. The minimum atomic E-state index is -0.869. The van der Waals surface area contributed by atoms with Crippen LogP contribution in [-0.2, 0) is 5.60 Å². The lowest BCUT2D eigenvalue weighted by atomic mass is 9.87. The zero-order valence-corrected chi connectivity index (χ0v) is 11.2. The van der Waals surface area contributed by atoms with Crippen LogP contribution < -0.4 is 0 Å². The SMILES string of the molecule is CC(C)N1CCCC(O)(c2cccc(F)c2)CC1. The van der Waals surface area contributed by atoms with Gasteiger partial charge in [-0.15, -0.1) is 0 Å². The molecule has 1 unspecified atom stereocenters. The molecule has 2 rings (SSSR count). The molecular formula is C15H22FNO. The highest BCUT2D eigenvalue weighted by Gasteiger charge is 2.32. The van der Waals surface area contributed by atoms with Crippen molar-refractivity contribution in [2.24, 2.45) is 0 Å². The summed E-state index contributed by atoms with van der Waals surface area (Å²) in [5.41, 5.74) is -0.153. The van der Waals surface area contributed by atoms with E-state index in [0.717, 1.165) is 19.5 Å². The summed E-state index contributed by atoms with van der Waals surface area (Å²) in [5, 5.41) is 10.8. The molecule has 1 aromatic carbocycles. The van der Waals surface area contributed by atoms with Gasteiger partial charge < -0.3 is 10.0 Å². The third-order valence-electron chi connectivity index (χ3n) is 3.94. The Morgan fingerprint density at radius 3 is 2.72 bits per heavy atom. The predicted molar refractivity (Wildman–Crippen MR) is 70.9 cm³/mol. The van der Waals surface area contributed by atoms with Crippen LogP contribution in [0, 0.1) is 5.82 Å². The topological polar surface area (TPSA) is 23.5 Å². The van der Waals surface area contributed by atoms with Crippen LogP contribution in [-0.4, -0.2) is 29.1 Å². The van der Waals surface area contributed by atoms with E-state index in [9.17, 15) is 9.50 Å². The van der Waals surface area contributed by atoms with Gasteiger partial charge in [0, 0.05) is 12.6 Å². The first-order valence-electron chi connectivity index (χ1n) is 6.74. The first kappa shape index (κ1) is 13.5. The Morgan fingerprint density at radius 2 is 2.06 bits per heavy atom. The van der Waals surface area contributed by atoms with E-state index in [2.05, 4.69) is 18.7 Å². The van der Waals surface area contributed by atoms with Crippen molar-refractivity contribution in [2.45, 2.75) is 44.8 Å². The molecule has 1 aliphatic heterocycles. The lowest BCUT2D eigenvalue weighted by Gasteiger charge is -2.28. The van der Waals surface area contributed by atoms with Crippen molar-refractivity contribution >= 4 is 0 Å². The second-order valence-electron chi connectivity index (χ2n) is 5.53. The zero-order valence-electron chi connectivity index (χ0n) is 11.2. The molecule has 1 aromatic rings. The van der Waals surface area contributed by atoms with Gasteiger partial charge in [0.15, 0.2) is 0 Å². The quantitative estimate of drug-likeness (QED) is 0.873. The average molecular weight is 251 g/mol. The number of rotatable bonds is 2. The summed E-state index contributed by atoms with van der Waals surface area (Å²) in [6.45, 7) is 6.22. The fourth-order valence-corrected chi connectivity index (χ4v) is 2.72. The summed E-state index contributed by atoms with van der Waals surface area (Å²) >= 11 is 0. The minimum Gasteiger partial charge on any atom is -0.385 e. The van der Waals surface area contributed by atoms with Crippen LogP contribution in [0.2, 0.25) is 0 Å². The Labute approximate surface area is 108 Å². The maximum atomic E-state index is 13.3. The van der Waals surface area contributed by atoms with Gasteiger partial charge in [0.05, 0.1) is 5.60 Å². The van der Waals surface area contributed by atoms with Crippen molar-refractivity contribution in [2.75, 3.05) is 13.1 Å². The van der Waals surface area contributed by atoms with Crippen molar-refractivity contribution in [1.82, 2.24) is 4.90 Å². The van der Waals surface area contributed by atoms with Crippen LogP contribution in [0.15, 0.2) is 24.3 Å². The second-order valence-corrected chi connectivity index (χ2v) is 5.53. The van der Waals surface area contributed by atoms with Gasteiger partial charge in [-0.3, -0.25) is 0 Å². The molecule has 0 aliphatic carbocycles. The van der Waals surface area contributed by atoms with E-state index in [4.69, 9.17) is 0 Å². The van der Waals surface area contributed by atoms with Crippen LogP contribution in [0.25, 0.3) is 0 Å². The molecule has 18 heavy (non-hydrogen) atoms. The van der Waals surface area contributed by atoms with E-state index < -0.39 is 5.60 Å². The van der Waals surface area contributed by atoms with Crippen LogP contribution in [0.5, 0.6) is 0 Å². The third kappa shape index (κ3) is 2.90. The normalized spacial score (nSPS) is 26.3. The molecule has 3 heteroatoms. The Balaban J connectivity index is 2.16. The summed E-state index contributed by atoms with van der Waals surface area (Å²) in [6, 6.07) is 6.89. The molecule has 0 saturated carbocycles. The van der Waals surface area contributed by atoms with Crippen LogP contribution in [0.1, 0.15) is 38.7 Å². The molecule has 0 amide bonds. The molecule has 0 radical (unpaired) electrons. The van der Waals surface area contributed by atoms with Gasteiger partial charge in [-0.2, -0.15) is 0 Å². The van der Waals surface area contributed by atoms with Gasteiger partial charge in [0.25, 0.3) is 0 Å². The molecule has 100 valence electrons. The fraction of sp³-hybridized carbons (Fsp3) is 0.600. The Bertz CT molecular complexity index is 407. The first-order chi connectivity index (χ1) is 8.51. The summed E-state index contributed by atoms with van der Waals surface area (Å²) in [7, 11) is 0. The molecule has 0 spiro atoms. The fourth-order valence-electron chi connectivity index (χ4n) is 2.72. The highest BCUT2D eigenvalue weighted by atomic mass is 19.1. The highest BCUT2D eigenvalue weighted by molar-refractivity contribution is 5.23.